The molecule has 3 rings (SSSR count). The second-order valence-corrected chi connectivity index (χ2v) is 8.64. The predicted octanol–water partition coefficient (Wildman–Crippen LogP) is 6.68. The molecule has 0 aliphatic rings. The van der Waals surface area contributed by atoms with Crippen molar-refractivity contribution in [2.24, 2.45) is 0 Å². The number of hydrogen-bond donors (Lipinski definition) is 1. The average molecular weight is 419 g/mol. The third kappa shape index (κ3) is 7.68. The summed E-state index contributed by atoms with van der Waals surface area (Å²) >= 11 is 3.35. The molecule has 0 saturated heterocycles. The van der Waals surface area contributed by atoms with E-state index in [-0.39, 0.29) is 11.5 Å². The van der Waals surface area contributed by atoms with Crippen LogP contribution in [0.2, 0.25) is 0 Å². The molecule has 2 nitrogen and oxygen atoms in total. The van der Waals surface area contributed by atoms with Crippen molar-refractivity contribution in [1.29, 1.82) is 0 Å². The first-order chi connectivity index (χ1) is 14.2. The van der Waals surface area contributed by atoms with Crippen LogP contribution in [-0.2, 0) is 16.3 Å². The van der Waals surface area contributed by atoms with E-state index in [1.54, 1.807) is 60.0 Å². The van der Waals surface area contributed by atoms with E-state index in [1.807, 2.05) is 42.5 Å². The summed E-state index contributed by atoms with van der Waals surface area (Å²) in [6, 6.07) is 27.3. The standard InChI is InChI=1S/C25H22O2S2/c26-23-13-7-12-20(16-23)14-15-24(27)17-25(28-18-21-8-3-1-4-9-21)29-19-22-10-5-2-6-11-22/h1-17,26H,18-19H2/b15-14+. The zero-order valence-electron chi connectivity index (χ0n) is 15.9. The SMILES string of the molecule is O=C(C=C(SCc1ccccc1)SCc1ccccc1)/C=C/c1cccc(O)c1. The van der Waals surface area contributed by atoms with E-state index < -0.39 is 0 Å². The Hall–Kier alpha value is -2.69. The van der Waals surface area contributed by atoms with Gasteiger partial charge in [0.1, 0.15) is 5.75 Å². The number of ketones is 1. The number of carbonyl (C=O) groups excluding carboxylic acids is 1. The molecule has 0 aliphatic carbocycles. The van der Waals surface area contributed by atoms with Crippen LogP contribution in [0.3, 0.4) is 0 Å². The number of benzene rings is 3. The van der Waals surface area contributed by atoms with Gasteiger partial charge in [-0.1, -0.05) is 78.9 Å². The van der Waals surface area contributed by atoms with Gasteiger partial charge in [-0.2, -0.15) is 0 Å². The number of rotatable bonds is 9. The van der Waals surface area contributed by atoms with Crippen molar-refractivity contribution in [1.82, 2.24) is 0 Å². The summed E-state index contributed by atoms with van der Waals surface area (Å²) < 4.78 is 0.989. The molecule has 0 radical (unpaired) electrons. The maximum atomic E-state index is 12.5. The highest BCUT2D eigenvalue weighted by atomic mass is 32.2. The van der Waals surface area contributed by atoms with Crippen molar-refractivity contribution in [3.05, 3.63) is 118 Å². The number of thioether (sulfide) groups is 2. The van der Waals surface area contributed by atoms with E-state index in [0.717, 1.165) is 21.3 Å². The Morgan fingerprint density at radius 1 is 0.793 bits per heavy atom. The molecule has 3 aromatic carbocycles. The molecule has 0 atom stereocenters. The van der Waals surface area contributed by atoms with Crippen molar-refractivity contribution < 1.29 is 9.90 Å². The van der Waals surface area contributed by atoms with Crippen LogP contribution in [0.1, 0.15) is 16.7 Å². The van der Waals surface area contributed by atoms with Crippen molar-refractivity contribution in [2.45, 2.75) is 11.5 Å². The Balaban J connectivity index is 1.68. The highest BCUT2D eigenvalue weighted by Crippen LogP contribution is 2.33. The van der Waals surface area contributed by atoms with Crippen molar-refractivity contribution >= 4 is 35.4 Å². The molecule has 0 heterocycles. The molecule has 4 heteroatoms. The lowest BCUT2D eigenvalue weighted by molar-refractivity contribution is -0.110. The second kappa shape index (κ2) is 11.3. The van der Waals surface area contributed by atoms with Gasteiger partial charge < -0.3 is 5.11 Å². The Kier molecular flexibility index (Phi) is 8.23. The van der Waals surface area contributed by atoms with Crippen LogP contribution >= 0.6 is 23.5 Å². The van der Waals surface area contributed by atoms with Gasteiger partial charge in [0.25, 0.3) is 0 Å². The fourth-order valence-electron chi connectivity index (χ4n) is 2.55. The maximum Gasteiger partial charge on any atom is 0.180 e. The van der Waals surface area contributed by atoms with Crippen LogP contribution in [-0.4, -0.2) is 10.9 Å². The van der Waals surface area contributed by atoms with Crippen LogP contribution in [0.25, 0.3) is 6.08 Å². The Bertz CT molecular complexity index is 934. The summed E-state index contributed by atoms with van der Waals surface area (Å²) in [6.07, 6.45) is 4.96. The normalized spacial score (nSPS) is 10.8. The number of aromatic hydroxyl groups is 1. The monoisotopic (exact) mass is 418 g/mol. The number of carbonyl (C=O) groups is 1. The number of hydrogen-bond acceptors (Lipinski definition) is 4. The van der Waals surface area contributed by atoms with Crippen LogP contribution < -0.4 is 0 Å². The molecule has 0 aromatic heterocycles. The third-order valence-corrected chi connectivity index (χ3v) is 6.49. The van der Waals surface area contributed by atoms with Crippen molar-refractivity contribution in [3.8, 4) is 5.75 Å². The van der Waals surface area contributed by atoms with Crippen molar-refractivity contribution in [2.75, 3.05) is 0 Å². The molecule has 0 spiro atoms. The maximum absolute atomic E-state index is 12.5. The highest BCUT2D eigenvalue weighted by Gasteiger charge is 2.05. The fourth-order valence-corrected chi connectivity index (χ4v) is 4.64. The van der Waals surface area contributed by atoms with E-state index in [4.69, 9.17) is 0 Å². The lowest BCUT2D eigenvalue weighted by atomic mass is 10.2. The minimum atomic E-state index is -0.0653. The lowest BCUT2D eigenvalue weighted by Crippen LogP contribution is -1.89. The predicted molar refractivity (Wildman–Crippen MR) is 126 cm³/mol. The average Bonchev–Trinajstić information content (AvgIpc) is 2.76. The van der Waals surface area contributed by atoms with E-state index in [1.165, 1.54) is 11.1 Å². The van der Waals surface area contributed by atoms with Gasteiger partial charge in [-0.25, -0.2) is 0 Å². The molecule has 146 valence electrons. The van der Waals surface area contributed by atoms with E-state index in [0.29, 0.717) is 0 Å². The fraction of sp³-hybridized carbons (Fsp3) is 0.0800. The van der Waals surface area contributed by atoms with Gasteiger partial charge in [0.05, 0.1) is 0 Å². The molecular formula is C25H22O2S2. The van der Waals surface area contributed by atoms with Gasteiger partial charge in [-0.3, -0.25) is 4.79 Å². The van der Waals surface area contributed by atoms with Gasteiger partial charge >= 0.3 is 0 Å². The first-order valence-electron chi connectivity index (χ1n) is 9.25. The number of phenolic OH excluding ortho intramolecular Hbond substituents is 1. The molecule has 0 amide bonds. The lowest BCUT2D eigenvalue weighted by Gasteiger charge is -2.07. The van der Waals surface area contributed by atoms with Crippen LogP contribution in [0.5, 0.6) is 5.75 Å². The van der Waals surface area contributed by atoms with Gasteiger partial charge in [0, 0.05) is 21.8 Å². The molecule has 0 aliphatic heterocycles. The van der Waals surface area contributed by atoms with Crippen LogP contribution in [0.15, 0.2) is 101 Å². The summed E-state index contributed by atoms with van der Waals surface area (Å²) in [6.45, 7) is 0. The number of phenols is 1. The van der Waals surface area contributed by atoms with Crippen LogP contribution in [0.4, 0.5) is 0 Å². The topological polar surface area (TPSA) is 37.3 Å². The van der Waals surface area contributed by atoms with E-state index in [9.17, 15) is 9.90 Å². The quantitative estimate of drug-likeness (QED) is 0.393. The summed E-state index contributed by atoms with van der Waals surface area (Å²) in [5.74, 6) is 1.76. The van der Waals surface area contributed by atoms with E-state index >= 15 is 0 Å². The minimum Gasteiger partial charge on any atom is -0.508 e. The van der Waals surface area contributed by atoms with E-state index in [2.05, 4.69) is 24.3 Å². The molecule has 1 N–H and O–H groups in total. The summed E-state index contributed by atoms with van der Waals surface area (Å²) in [7, 11) is 0. The molecule has 29 heavy (non-hydrogen) atoms. The minimum absolute atomic E-state index is 0.0653. The summed E-state index contributed by atoms with van der Waals surface area (Å²) in [4.78, 5) is 12.5. The third-order valence-electron chi connectivity index (χ3n) is 4.02. The smallest absolute Gasteiger partial charge is 0.180 e. The summed E-state index contributed by atoms with van der Waals surface area (Å²) in [5.41, 5.74) is 3.25. The summed E-state index contributed by atoms with van der Waals surface area (Å²) in [5, 5.41) is 9.54. The zero-order valence-corrected chi connectivity index (χ0v) is 17.5. The second-order valence-electron chi connectivity index (χ2n) is 6.34. The highest BCUT2D eigenvalue weighted by molar-refractivity contribution is 8.21. The largest absolute Gasteiger partial charge is 0.508 e. The van der Waals surface area contributed by atoms with Gasteiger partial charge in [-0.05, 0) is 34.9 Å². The molecule has 0 unspecified atom stereocenters. The molecule has 0 fully saturated rings. The Morgan fingerprint density at radius 3 is 1.93 bits per heavy atom. The Labute approximate surface area is 180 Å². The molecular weight excluding hydrogens is 396 g/mol. The van der Waals surface area contributed by atoms with Crippen molar-refractivity contribution in [3.63, 3.8) is 0 Å². The first kappa shape index (κ1) is 21.0. The van der Waals surface area contributed by atoms with Gasteiger partial charge in [0.15, 0.2) is 5.78 Å². The molecule has 0 bridgehead atoms. The van der Waals surface area contributed by atoms with Gasteiger partial charge in [-0.15, -0.1) is 23.5 Å². The first-order valence-corrected chi connectivity index (χ1v) is 11.2. The van der Waals surface area contributed by atoms with Gasteiger partial charge in [0.2, 0.25) is 0 Å². The molecule has 0 saturated carbocycles. The zero-order chi connectivity index (χ0) is 20.3. The number of allylic oxidation sites excluding steroid dienone is 2. The van der Waals surface area contributed by atoms with Crippen LogP contribution in [0, 0.1) is 0 Å². The molecule has 3 aromatic rings. The Morgan fingerprint density at radius 2 is 1.38 bits per heavy atom.